The lowest BCUT2D eigenvalue weighted by Crippen LogP contribution is -2.37. The molecule has 0 N–H and O–H groups in total. The van der Waals surface area contributed by atoms with Crippen molar-refractivity contribution in [3.05, 3.63) is 142 Å². The zero-order chi connectivity index (χ0) is 49.0. The van der Waals surface area contributed by atoms with Crippen LogP contribution < -0.4 is 33.6 Å². The molecule has 360 valence electrons. The number of hydrogen-bond acceptors (Lipinski definition) is 10. The minimum Gasteiger partial charge on any atom is -0.493 e. The largest absolute Gasteiger partial charge is 0.493 e. The number of allylic oxidation sites excluding steroid dienone is 1. The van der Waals surface area contributed by atoms with Gasteiger partial charge < -0.3 is 28.7 Å². The molecule has 3 aliphatic heterocycles. The number of hydrogen-bond donors (Lipinski definition) is 0. The van der Waals surface area contributed by atoms with Crippen molar-refractivity contribution in [2.45, 2.75) is 104 Å². The van der Waals surface area contributed by atoms with E-state index in [1.807, 2.05) is 101 Å². The molecule has 8 rings (SSSR count). The molecule has 2 atom stereocenters. The number of fused-ring (bicyclic) bond motifs is 5. The van der Waals surface area contributed by atoms with Gasteiger partial charge in [-0.15, -0.1) is 0 Å². The molecule has 0 fully saturated rings. The van der Waals surface area contributed by atoms with Crippen LogP contribution in [-0.2, 0) is 30.8 Å². The Balaban J connectivity index is 1.07. The van der Waals surface area contributed by atoms with Gasteiger partial charge in [0.2, 0.25) is 5.91 Å². The summed E-state index contributed by atoms with van der Waals surface area (Å²) in [7, 11) is 6.61. The number of aryl methyl sites for hydroxylation is 1. The van der Waals surface area contributed by atoms with Gasteiger partial charge in [0.25, 0.3) is 11.8 Å². The van der Waals surface area contributed by atoms with E-state index in [1.54, 1.807) is 54.0 Å². The number of carbonyl (C=O) groups is 3. The van der Waals surface area contributed by atoms with Crippen LogP contribution in [0.3, 0.4) is 0 Å². The van der Waals surface area contributed by atoms with Crippen molar-refractivity contribution in [1.82, 2.24) is 0 Å². The third kappa shape index (κ3) is 10.5. The molecule has 13 heteroatoms. The van der Waals surface area contributed by atoms with Crippen molar-refractivity contribution in [2.75, 3.05) is 41.7 Å². The van der Waals surface area contributed by atoms with Gasteiger partial charge in [0.05, 0.1) is 37.6 Å². The number of ether oxygens (including phenoxy) is 4. The average Bonchev–Trinajstić information content (AvgIpc) is 3.87. The third-order valence-corrected chi connectivity index (χ3v) is 15.8. The van der Waals surface area contributed by atoms with E-state index in [2.05, 4.69) is 46.1 Å². The Bertz CT molecular complexity index is 2820. The quantitative estimate of drug-likeness (QED) is 0.0626. The van der Waals surface area contributed by atoms with Gasteiger partial charge in [-0.2, -0.15) is 0 Å². The molecule has 11 nitrogen and oxygen atoms in total. The highest BCUT2D eigenvalue weighted by Crippen LogP contribution is 2.43. The Morgan fingerprint density at radius 1 is 0.841 bits per heavy atom. The maximum Gasteiger partial charge on any atom is 0.261 e. The van der Waals surface area contributed by atoms with Gasteiger partial charge in [-0.05, 0) is 136 Å². The molecule has 3 heterocycles. The van der Waals surface area contributed by atoms with Crippen LogP contribution in [0.4, 0.5) is 22.7 Å². The first-order valence-electron chi connectivity index (χ1n) is 23.6. The first kappa shape index (κ1) is 49.2. The SMILES string of the molecule is CC/C(C)=C/C1Cc2ccccc2N1C(=O)c1cc(OC)c(OCc2cc(COc3cc4c(cc3OC)C(=O)N3c5ccccc5CC3C=N4)cc(N(CC)C(=O)CCC(C)(C)SSC)c2)cc1C. The highest BCUT2D eigenvalue weighted by molar-refractivity contribution is 8.76. The molecule has 0 aliphatic carbocycles. The van der Waals surface area contributed by atoms with E-state index in [0.29, 0.717) is 59.2 Å². The van der Waals surface area contributed by atoms with Crippen molar-refractivity contribution in [3.8, 4) is 23.0 Å². The number of rotatable bonds is 18. The Morgan fingerprint density at radius 2 is 1.48 bits per heavy atom. The molecule has 69 heavy (non-hydrogen) atoms. The maximum atomic E-state index is 14.5. The fraction of sp³-hybridized carbons (Fsp3) is 0.357. The molecule has 5 aromatic carbocycles. The smallest absolute Gasteiger partial charge is 0.261 e. The lowest BCUT2D eigenvalue weighted by atomic mass is 10.0. The number of benzene rings is 5. The zero-order valence-corrected chi connectivity index (χ0v) is 42.7. The number of para-hydroxylation sites is 2. The predicted octanol–water partition coefficient (Wildman–Crippen LogP) is 12.3. The minimum atomic E-state index is -0.192. The first-order valence-corrected chi connectivity index (χ1v) is 26.2. The fourth-order valence-electron chi connectivity index (χ4n) is 9.44. The van der Waals surface area contributed by atoms with Crippen LogP contribution in [0, 0.1) is 6.92 Å². The molecule has 5 aromatic rings. The normalized spacial score (nSPS) is 16.1. The second-order valence-corrected chi connectivity index (χ2v) is 21.5. The number of carbonyl (C=O) groups excluding carboxylic acids is 3. The summed E-state index contributed by atoms with van der Waals surface area (Å²) in [5.74, 6) is 1.54. The number of nitrogens with zero attached hydrogens (tertiary/aromatic N) is 4. The summed E-state index contributed by atoms with van der Waals surface area (Å²) in [5.41, 5.74) is 9.84. The summed E-state index contributed by atoms with van der Waals surface area (Å²) < 4.78 is 24.7. The van der Waals surface area contributed by atoms with Crippen LogP contribution in [0.5, 0.6) is 23.0 Å². The fourth-order valence-corrected chi connectivity index (χ4v) is 11.7. The number of amides is 3. The highest BCUT2D eigenvalue weighted by Gasteiger charge is 2.37. The lowest BCUT2D eigenvalue weighted by Gasteiger charge is -2.26. The van der Waals surface area contributed by atoms with E-state index in [-0.39, 0.29) is 47.8 Å². The summed E-state index contributed by atoms with van der Waals surface area (Å²) >= 11 is 0. The number of aliphatic imine (C=N–C) groups is 1. The summed E-state index contributed by atoms with van der Waals surface area (Å²) in [6.45, 7) is 13.2. The van der Waals surface area contributed by atoms with E-state index < -0.39 is 0 Å². The van der Waals surface area contributed by atoms with Crippen LogP contribution in [0.2, 0.25) is 0 Å². The second kappa shape index (κ2) is 21.2. The van der Waals surface area contributed by atoms with E-state index in [1.165, 1.54) is 5.57 Å². The van der Waals surface area contributed by atoms with Crippen molar-refractivity contribution < 1.29 is 33.3 Å². The van der Waals surface area contributed by atoms with Gasteiger partial charge in [0.1, 0.15) is 13.2 Å². The predicted molar refractivity (Wildman–Crippen MR) is 282 cm³/mol. The van der Waals surface area contributed by atoms with Gasteiger partial charge in [-0.1, -0.05) is 76.6 Å². The zero-order valence-electron chi connectivity index (χ0n) is 41.1. The van der Waals surface area contributed by atoms with Crippen molar-refractivity contribution in [1.29, 1.82) is 0 Å². The molecule has 0 saturated heterocycles. The Hall–Kier alpha value is -6.18. The molecule has 0 aromatic heterocycles. The van der Waals surface area contributed by atoms with E-state index >= 15 is 0 Å². The van der Waals surface area contributed by atoms with Crippen LogP contribution in [0.1, 0.15) is 102 Å². The molecule has 0 bridgehead atoms. The summed E-state index contributed by atoms with van der Waals surface area (Å²) in [5, 5.41) is 0. The standard InChI is InChI=1S/C56H62N4O7S2/c1-10-35(3)22-42-27-39-16-12-14-18-47(39)59(42)54(62)44-29-49(64-7)51(23-36(44)4)66-33-37-24-38(26-41(25-37)58(11-2)53(61)20-21-56(5,6)69-68-9)34-67-52-31-46-45(30-50(52)65-8)55(63)60-43(32-57-46)28-40-17-13-15-19-48(40)60/h12-19,22-26,29-32,42-43H,10-11,20-21,27-28,33-34H2,1-9H3/b35-22+. The topological polar surface area (TPSA) is 110 Å². The van der Waals surface area contributed by atoms with Crippen LogP contribution >= 0.6 is 21.6 Å². The summed E-state index contributed by atoms with van der Waals surface area (Å²) in [6.07, 6.45) is 9.56. The molecule has 0 spiro atoms. The minimum absolute atomic E-state index is 0.0241. The number of anilines is 3. The van der Waals surface area contributed by atoms with Gasteiger partial charge in [0.15, 0.2) is 23.0 Å². The maximum absolute atomic E-state index is 14.5. The van der Waals surface area contributed by atoms with E-state index in [4.69, 9.17) is 23.9 Å². The molecule has 2 unspecified atom stereocenters. The third-order valence-electron chi connectivity index (χ3n) is 13.1. The molecular weight excluding hydrogens is 905 g/mol. The Labute approximate surface area is 414 Å². The number of methoxy groups -OCH3 is 2. The summed E-state index contributed by atoms with van der Waals surface area (Å²) in [4.78, 5) is 53.0. The van der Waals surface area contributed by atoms with Crippen molar-refractivity contribution >= 4 is 68.3 Å². The van der Waals surface area contributed by atoms with Crippen molar-refractivity contribution in [3.63, 3.8) is 0 Å². The van der Waals surface area contributed by atoms with Gasteiger partial charge in [-0.25, -0.2) is 0 Å². The molecule has 3 aliphatic rings. The van der Waals surface area contributed by atoms with Gasteiger partial charge >= 0.3 is 0 Å². The van der Waals surface area contributed by atoms with E-state index in [9.17, 15) is 14.4 Å². The lowest BCUT2D eigenvalue weighted by molar-refractivity contribution is -0.118. The van der Waals surface area contributed by atoms with Crippen LogP contribution in [0.25, 0.3) is 0 Å². The van der Waals surface area contributed by atoms with Crippen LogP contribution in [-0.4, -0.2) is 67.8 Å². The second-order valence-electron chi connectivity index (χ2n) is 18.4. The molecule has 3 amide bonds. The Morgan fingerprint density at radius 3 is 2.13 bits per heavy atom. The average molecular weight is 967 g/mol. The monoisotopic (exact) mass is 966 g/mol. The Kier molecular flexibility index (Phi) is 15.1. The summed E-state index contributed by atoms with van der Waals surface area (Å²) in [6, 6.07) is 28.8. The highest BCUT2D eigenvalue weighted by atomic mass is 33.1. The molecule has 0 saturated carbocycles. The van der Waals surface area contributed by atoms with Gasteiger partial charge in [-0.3, -0.25) is 24.3 Å². The molecular formula is C56H62N4O7S2. The van der Waals surface area contributed by atoms with E-state index in [0.717, 1.165) is 64.1 Å². The molecule has 0 radical (unpaired) electrons. The van der Waals surface area contributed by atoms with Crippen LogP contribution in [0.15, 0.2) is 108 Å². The van der Waals surface area contributed by atoms with Gasteiger partial charge in [0, 0.05) is 59.0 Å². The first-order chi connectivity index (χ1) is 33.3. The van der Waals surface area contributed by atoms with Crippen molar-refractivity contribution in [2.24, 2.45) is 4.99 Å².